The van der Waals surface area contributed by atoms with Crippen molar-refractivity contribution in [2.45, 2.75) is 44.2 Å². The number of likely N-dealkylation sites (tertiary alicyclic amines) is 1. The number of benzene rings is 2. The van der Waals surface area contributed by atoms with Crippen LogP contribution in [0.2, 0.25) is 0 Å². The second-order valence-corrected chi connectivity index (χ2v) is 8.85. The average Bonchev–Trinajstić information content (AvgIpc) is 2.82. The molecule has 0 saturated carbocycles. The first-order chi connectivity index (χ1) is 15.9. The van der Waals surface area contributed by atoms with Gasteiger partial charge in [0, 0.05) is 31.3 Å². The molecule has 1 aliphatic heterocycles. The number of para-hydroxylation sites is 1. The average molecular weight is 447 g/mol. The lowest BCUT2D eigenvalue weighted by Crippen LogP contribution is -2.49. The van der Waals surface area contributed by atoms with Gasteiger partial charge in [-0.3, -0.25) is 14.2 Å². The van der Waals surface area contributed by atoms with E-state index < -0.39 is 5.60 Å². The van der Waals surface area contributed by atoms with Crippen molar-refractivity contribution in [1.82, 2.24) is 14.5 Å². The van der Waals surface area contributed by atoms with Crippen LogP contribution in [0.3, 0.4) is 0 Å². The van der Waals surface area contributed by atoms with Gasteiger partial charge in [0.15, 0.2) is 0 Å². The predicted octanol–water partition coefficient (Wildman–Crippen LogP) is 3.53. The van der Waals surface area contributed by atoms with Crippen LogP contribution in [-0.2, 0) is 11.3 Å². The number of aromatic nitrogens is 2. The number of carbonyl (C=O) groups is 1. The molecule has 1 aromatic heterocycles. The Hall–Kier alpha value is -3.45. The summed E-state index contributed by atoms with van der Waals surface area (Å²) in [6, 6.07) is 21.0. The minimum absolute atomic E-state index is 0.101. The summed E-state index contributed by atoms with van der Waals surface area (Å²) in [6.07, 6.45) is 2.76. The lowest BCUT2D eigenvalue weighted by atomic mass is 9.90. The lowest BCUT2D eigenvalue weighted by Gasteiger charge is -2.38. The van der Waals surface area contributed by atoms with Crippen molar-refractivity contribution in [3.8, 4) is 0 Å². The van der Waals surface area contributed by atoms with E-state index >= 15 is 0 Å². The van der Waals surface area contributed by atoms with Crippen molar-refractivity contribution in [3.63, 3.8) is 0 Å². The van der Waals surface area contributed by atoms with E-state index in [2.05, 4.69) is 17.2 Å². The van der Waals surface area contributed by atoms with Crippen LogP contribution in [0.15, 0.2) is 77.9 Å². The van der Waals surface area contributed by atoms with E-state index in [9.17, 15) is 14.7 Å². The first kappa shape index (κ1) is 22.7. The number of carbonyl (C=O) groups excluding carboxylic acids is 1. The zero-order valence-electron chi connectivity index (χ0n) is 18.9. The van der Waals surface area contributed by atoms with Crippen LogP contribution >= 0.6 is 0 Å². The van der Waals surface area contributed by atoms with Gasteiger partial charge >= 0.3 is 0 Å². The van der Waals surface area contributed by atoms with E-state index in [1.54, 1.807) is 0 Å². The largest absolute Gasteiger partial charge is 0.388 e. The van der Waals surface area contributed by atoms with E-state index in [-0.39, 0.29) is 23.9 Å². The van der Waals surface area contributed by atoms with Crippen LogP contribution in [0.4, 0.5) is 11.5 Å². The SMILES string of the molecule is C[C@H](CC(=O)N1CCC(O)(Cn2cnc(Nc3ccccc3)cc2=O)CC1)c1ccccc1. The van der Waals surface area contributed by atoms with Gasteiger partial charge in [-0.1, -0.05) is 55.5 Å². The van der Waals surface area contributed by atoms with Crippen molar-refractivity contribution in [2.75, 3.05) is 18.4 Å². The highest BCUT2D eigenvalue weighted by atomic mass is 16.3. The molecule has 0 aliphatic carbocycles. The van der Waals surface area contributed by atoms with Gasteiger partial charge in [-0.25, -0.2) is 4.98 Å². The maximum atomic E-state index is 12.8. The molecule has 2 aromatic carbocycles. The van der Waals surface area contributed by atoms with Crippen LogP contribution in [0.1, 0.15) is 37.7 Å². The van der Waals surface area contributed by atoms with Crippen LogP contribution in [-0.4, -0.2) is 44.2 Å². The standard InChI is InChI=1S/C26H30N4O3/c1-20(21-8-4-2-5-9-21)16-24(31)29-14-12-26(33,13-15-29)18-30-19-27-23(17-25(30)32)28-22-10-6-3-7-11-22/h2-11,17,19-20,28,33H,12-16,18H2,1H3/t20-/m1/s1. The molecule has 2 heterocycles. The Balaban J connectivity index is 1.32. The second-order valence-electron chi connectivity index (χ2n) is 8.85. The summed E-state index contributed by atoms with van der Waals surface area (Å²) in [5, 5.41) is 14.2. The molecule has 3 aromatic rings. The van der Waals surface area contributed by atoms with Gasteiger partial charge in [-0.15, -0.1) is 0 Å². The summed E-state index contributed by atoms with van der Waals surface area (Å²) in [7, 11) is 0. The molecule has 33 heavy (non-hydrogen) atoms. The Labute approximate surface area is 193 Å². The third-order valence-electron chi connectivity index (χ3n) is 6.29. The molecule has 0 bridgehead atoms. The Bertz CT molecular complexity index is 1120. The van der Waals surface area contributed by atoms with E-state index in [1.807, 2.05) is 65.6 Å². The summed E-state index contributed by atoms with van der Waals surface area (Å²) in [4.78, 5) is 31.5. The van der Waals surface area contributed by atoms with Gasteiger partial charge in [-0.2, -0.15) is 0 Å². The van der Waals surface area contributed by atoms with Gasteiger partial charge in [0.25, 0.3) is 5.56 Å². The number of hydrogen-bond donors (Lipinski definition) is 2. The Morgan fingerprint density at radius 3 is 2.36 bits per heavy atom. The molecule has 1 saturated heterocycles. The first-order valence-electron chi connectivity index (χ1n) is 11.4. The van der Waals surface area contributed by atoms with Crippen LogP contribution in [0, 0.1) is 0 Å². The van der Waals surface area contributed by atoms with Gasteiger partial charge in [0.1, 0.15) is 5.82 Å². The highest BCUT2D eigenvalue weighted by molar-refractivity contribution is 5.77. The van der Waals surface area contributed by atoms with Crippen molar-refractivity contribution in [1.29, 1.82) is 0 Å². The lowest BCUT2D eigenvalue weighted by molar-refractivity contribution is -0.136. The van der Waals surface area contributed by atoms with E-state index in [0.717, 1.165) is 11.3 Å². The Morgan fingerprint density at radius 2 is 1.73 bits per heavy atom. The molecule has 1 atom stereocenters. The molecular weight excluding hydrogens is 416 g/mol. The topological polar surface area (TPSA) is 87.5 Å². The maximum Gasteiger partial charge on any atom is 0.255 e. The maximum absolute atomic E-state index is 12.8. The normalized spacial score (nSPS) is 16.2. The molecule has 1 fully saturated rings. The predicted molar refractivity (Wildman–Crippen MR) is 128 cm³/mol. The molecule has 7 heteroatoms. The molecule has 1 amide bonds. The van der Waals surface area contributed by atoms with Crippen molar-refractivity contribution in [3.05, 3.63) is 89.0 Å². The quantitative estimate of drug-likeness (QED) is 0.580. The van der Waals surface area contributed by atoms with Crippen LogP contribution in [0.25, 0.3) is 0 Å². The highest BCUT2D eigenvalue weighted by Gasteiger charge is 2.34. The zero-order valence-corrected chi connectivity index (χ0v) is 18.9. The highest BCUT2D eigenvalue weighted by Crippen LogP contribution is 2.26. The molecule has 2 N–H and O–H groups in total. The summed E-state index contributed by atoms with van der Waals surface area (Å²) < 4.78 is 1.44. The molecule has 0 unspecified atom stereocenters. The van der Waals surface area contributed by atoms with Crippen LogP contribution < -0.4 is 10.9 Å². The number of nitrogens with zero attached hydrogens (tertiary/aromatic N) is 3. The van der Waals surface area contributed by atoms with Crippen molar-refractivity contribution in [2.24, 2.45) is 0 Å². The van der Waals surface area contributed by atoms with Gasteiger partial charge < -0.3 is 15.3 Å². The van der Waals surface area contributed by atoms with Crippen LogP contribution in [0.5, 0.6) is 0 Å². The molecule has 172 valence electrons. The minimum Gasteiger partial charge on any atom is -0.388 e. The molecule has 1 aliphatic rings. The summed E-state index contributed by atoms with van der Waals surface area (Å²) in [5.41, 5.74) is 0.727. The number of aliphatic hydroxyl groups is 1. The van der Waals surface area contributed by atoms with E-state index in [1.165, 1.54) is 17.0 Å². The van der Waals surface area contributed by atoms with Gasteiger partial charge in [0.2, 0.25) is 5.91 Å². The van der Waals surface area contributed by atoms with E-state index in [0.29, 0.717) is 38.2 Å². The van der Waals surface area contributed by atoms with Gasteiger partial charge in [0.05, 0.1) is 18.5 Å². The van der Waals surface area contributed by atoms with E-state index in [4.69, 9.17) is 0 Å². The molecule has 4 rings (SSSR count). The summed E-state index contributed by atoms with van der Waals surface area (Å²) >= 11 is 0. The Kier molecular flexibility index (Phi) is 6.89. The fourth-order valence-electron chi connectivity index (χ4n) is 4.22. The number of amides is 1. The number of anilines is 2. The number of rotatable bonds is 7. The fraction of sp³-hybridized carbons (Fsp3) is 0.346. The van der Waals surface area contributed by atoms with Crippen molar-refractivity contribution < 1.29 is 9.90 Å². The molecular formula is C26H30N4O3. The fourth-order valence-corrected chi connectivity index (χ4v) is 4.22. The van der Waals surface area contributed by atoms with Gasteiger partial charge in [-0.05, 0) is 36.5 Å². The molecule has 7 nitrogen and oxygen atoms in total. The molecule has 0 spiro atoms. The van der Waals surface area contributed by atoms with Crippen molar-refractivity contribution >= 4 is 17.4 Å². The number of hydrogen-bond acceptors (Lipinski definition) is 5. The first-order valence-corrected chi connectivity index (χ1v) is 11.4. The minimum atomic E-state index is -1.04. The summed E-state index contributed by atoms with van der Waals surface area (Å²) in [5.74, 6) is 0.707. The second kappa shape index (κ2) is 10.0. The number of piperidine rings is 1. The zero-order chi connectivity index (χ0) is 23.3. The third kappa shape index (κ3) is 5.87. The Morgan fingerprint density at radius 1 is 1.09 bits per heavy atom. The monoisotopic (exact) mass is 446 g/mol. The molecule has 0 radical (unpaired) electrons. The summed E-state index contributed by atoms with van der Waals surface area (Å²) in [6.45, 7) is 3.18. The number of nitrogens with one attached hydrogen (secondary N) is 1. The smallest absolute Gasteiger partial charge is 0.255 e. The third-order valence-corrected chi connectivity index (χ3v) is 6.29.